The molecule has 16 heavy (non-hydrogen) atoms. The van der Waals surface area contributed by atoms with E-state index in [4.69, 9.17) is 4.74 Å². The number of hydrogen-bond acceptors (Lipinski definition) is 2. The normalized spacial score (nSPS) is 14.9. The average Bonchev–Trinajstić information content (AvgIpc) is 2.98. The summed E-state index contributed by atoms with van der Waals surface area (Å²) in [7, 11) is 0. The monoisotopic (exact) mass is 282 g/mol. The molecule has 0 amide bonds. The van der Waals surface area contributed by atoms with Crippen molar-refractivity contribution < 1.29 is 9.53 Å². The molecule has 0 radical (unpaired) electrons. The number of aryl methyl sites for hydroxylation is 1. The van der Waals surface area contributed by atoms with Gasteiger partial charge in [0.1, 0.15) is 5.75 Å². The molecule has 0 aromatic heterocycles. The van der Waals surface area contributed by atoms with Gasteiger partial charge >= 0.3 is 0 Å². The van der Waals surface area contributed by atoms with Crippen LogP contribution in [0.2, 0.25) is 0 Å². The van der Waals surface area contributed by atoms with Crippen molar-refractivity contribution in [2.75, 3.05) is 6.61 Å². The second-order valence-corrected chi connectivity index (χ2v) is 5.29. The van der Waals surface area contributed by atoms with E-state index in [9.17, 15) is 4.79 Å². The van der Waals surface area contributed by atoms with Crippen molar-refractivity contribution in [1.82, 2.24) is 0 Å². The SMILES string of the molecule is CC(=O)c1cc(C)cc(Br)c1OCC1CC1. The summed E-state index contributed by atoms with van der Waals surface area (Å²) >= 11 is 3.46. The summed E-state index contributed by atoms with van der Waals surface area (Å²) in [6.45, 7) is 4.27. The van der Waals surface area contributed by atoms with Crippen LogP contribution >= 0.6 is 15.9 Å². The Morgan fingerprint density at radius 1 is 1.50 bits per heavy atom. The van der Waals surface area contributed by atoms with Crippen molar-refractivity contribution in [2.24, 2.45) is 5.92 Å². The molecule has 0 atom stereocenters. The number of halogens is 1. The van der Waals surface area contributed by atoms with Gasteiger partial charge in [0, 0.05) is 0 Å². The van der Waals surface area contributed by atoms with Gasteiger partial charge < -0.3 is 4.74 Å². The maximum Gasteiger partial charge on any atom is 0.163 e. The summed E-state index contributed by atoms with van der Waals surface area (Å²) in [5.41, 5.74) is 1.74. The molecule has 1 aliphatic rings. The second-order valence-electron chi connectivity index (χ2n) is 4.43. The number of Topliss-reactive ketones (excluding diaryl/α,β-unsaturated/α-hetero) is 1. The zero-order valence-corrected chi connectivity index (χ0v) is 11.1. The third kappa shape index (κ3) is 2.64. The first kappa shape index (κ1) is 11.6. The van der Waals surface area contributed by atoms with Crippen LogP contribution < -0.4 is 4.74 Å². The number of rotatable bonds is 4. The van der Waals surface area contributed by atoms with Gasteiger partial charge in [-0.05, 0) is 66.2 Å². The highest BCUT2D eigenvalue weighted by molar-refractivity contribution is 9.10. The lowest BCUT2D eigenvalue weighted by Gasteiger charge is -2.12. The van der Waals surface area contributed by atoms with Gasteiger partial charge in [0.05, 0.1) is 16.6 Å². The highest BCUT2D eigenvalue weighted by Gasteiger charge is 2.23. The Hall–Kier alpha value is -0.830. The van der Waals surface area contributed by atoms with Crippen molar-refractivity contribution >= 4 is 21.7 Å². The molecule has 1 fully saturated rings. The minimum atomic E-state index is 0.0511. The smallest absolute Gasteiger partial charge is 0.163 e. The zero-order valence-electron chi connectivity index (χ0n) is 9.55. The van der Waals surface area contributed by atoms with E-state index >= 15 is 0 Å². The van der Waals surface area contributed by atoms with E-state index in [1.54, 1.807) is 6.92 Å². The second kappa shape index (κ2) is 4.58. The maximum atomic E-state index is 11.5. The molecule has 0 saturated heterocycles. The molecule has 3 heteroatoms. The number of ether oxygens (including phenoxy) is 1. The first-order chi connectivity index (χ1) is 7.58. The quantitative estimate of drug-likeness (QED) is 0.787. The Kier molecular flexibility index (Phi) is 3.33. The van der Waals surface area contributed by atoms with Crippen LogP contribution in [0.4, 0.5) is 0 Å². The first-order valence-electron chi connectivity index (χ1n) is 5.52. The summed E-state index contributed by atoms with van der Waals surface area (Å²) in [6.07, 6.45) is 2.50. The highest BCUT2D eigenvalue weighted by Crippen LogP contribution is 2.34. The van der Waals surface area contributed by atoms with Crippen molar-refractivity contribution in [3.8, 4) is 5.75 Å². The van der Waals surface area contributed by atoms with Crippen LogP contribution in [0.15, 0.2) is 16.6 Å². The van der Waals surface area contributed by atoms with E-state index in [0.29, 0.717) is 17.2 Å². The number of hydrogen-bond donors (Lipinski definition) is 0. The number of ketones is 1. The van der Waals surface area contributed by atoms with Crippen LogP contribution in [0, 0.1) is 12.8 Å². The third-order valence-electron chi connectivity index (χ3n) is 2.73. The molecule has 1 aliphatic carbocycles. The van der Waals surface area contributed by atoms with E-state index < -0.39 is 0 Å². The van der Waals surface area contributed by atoms with Gasteiger partial charge in [-0.25, -0.2) is 0 Å². The molecule has 2 rings (SSSR count). The summed E-state index contributed by atoms with van der Waals surface area (Å²) in [4.78, 5) is 11.5. The molecule has 2 nitrogen and oxygen atoms in total. The predicted octanol–water partition coefficient (Wildman–Crippen LogP) is 3.75. The fourth-order valence-electron chi connectivity index (χ4n) is 1.62. The van der Waals surface area contributed by atoms with E-state index in [-0.39, 0.29) is 5.78 Å². The fraction of sp³-hybridized carbons (Fsp3) is 0.462. The molecule has 86 valence electrons. The molecule has 0 N–H and O–H groups in total. The van der Waals surface area contributed by atoms with Gasteiger partial charge in [-0.1, -0.05) is 0 Å². The van der Waals surface area contributed by atoms with Gasteiger partial charge in [0.25, 0.3) is 0 Å². The molecule has 0 heterocycles. The molecule has 1 aromatic carbocycles. The zero-order chi connectivity index (χ0) is 11.7. The van der Waals surface area contributed by atoms with Gasteiger partial charge in [-0.2, -0.15) is 0 Å². The largest absolute Gasteiger partial charge is 0.491 e. The summed E-state index contributed by atoms with van der Waals surface area (Å²) in [5, 5.41) is 0. The summed E-state index contributed by atoms with van der Waals surface area (Å²) < 4.78 is 6.61. The Morgan fingerprint density at radius 3 is 2.75 bits per heavy atom. The molecule has 0 aliphatic heterocycles. The Morgan fingerprint density at radius 2 is 2.19 bits per heavy atom. The van der Waals surface area contributed by atoms with Crippen LogP contribution in [-0.2, 0) is 0 Å². The van der Waals surface area contributed by atoms with Gasteiger partial charge in [-0.15, -0.1) is 0 Å². The van der Waals surface area contributed by atoms with E-state index in [2.05, 4.69) is 15.9 Å². The first-order valence-corrected chi connectivity index (χ1v) is 6.31. The third-order valence-corrected chi connectivity index (χ3v) is 3.32. The number of carbonyl (C=O) groups excluding carboxylic acids is 1. The summed E-state index contributed by atoms with van der Waals surface area (Å²) in [5.74, 6) is 1.44. The standard InChI is InChI=1S/C13H15BrO2/c1-8-5-11(9(2)15)13(12(14)6-8)16-7-10-3-4-10/h5-6,10H,3-4,7H2,1-2H3. The van der Waals surface area contributed by atoms with Crippen molar-refractivity contribution in [2.45, 2.75) is 26.7 Å². The lowest BCUT2D eigenvalue weighted by atomic mass is 10.1. The molecule has 0 spiro atoms. The number of carbonyl (C=O) groups is 1. The van der Waals surface area contributed by atoms with Crippen molar-refractivity contribution in [3.05, 3.63) is 27.7 Å². The van der Waals surface area contributed by atoms with Crippen molar-refractivity contribution in [3.63, 3.8) is 0 Å². The highest BCUT2D eigenvalue weighted by atomic mass is 79.9. The topological polar surface area (TPSA) is 26.3 Å². The van der Waals surface area contributed by atoms with E-state index in [1.165, 1.54) is 12.8 Å². The predicted molar refractivity (Wildman–Crippen MR) is 67.1 cm³/mol. The Labute approximate surface area is 104 Å². The van der Waals surface area contributed by atoms with Crippen LogP contribution in [-0.4, -0.2) is 12.4 Å². The lowest BCUT2D eigenvalue weighted by molar-refractivity contribution is 0.101. The van der Waals surface area contributed by atoms with Crippen LogP contribution in [0.3, 0.4) is 0 Å². The van der Waals surface area contributed by atoms with Crippen LogP contribution in [0.1, 0.15) is 35.7 Å². The molecule has 1 saturated carbocycles. The van der Waals surface area contributed by atoms with E-state index in [1.807, 2.05) is 19.1 Å². The van der Waals surface area contributed by atoms with E-state index in [0.717, 1.165) is 16.6 Å². The Bertz CT molecular complexity index is 422. The molecule has 1 aromatic rings. The molecule has 0 unspecified atom stereocenters. The fourth-order valence-corrected chi connectivity index (χ4v) is 2.31. The molecular weight excluding hydrogens is 268 g/mol. The average molecular weight is 283 g/mol. The Balaban J connectivity index is 2.27. The lowest BCUT2D eigenvalue weighted by Crippen LogP contribution is -2.05. The number of benzene rings is 1. The van der Waals surface area contributed by atoms with Gasteiger partial charge in [-0.3, -0.25) is 4.79 Å². The summed E-state index contributed by atoms with van der Waals surface area (Å²) in [6, 6.07) is 3.87. The minimum absolute atomic E-state index is 0.0511. The minimum Gasteiger partial charge on any atom is -0.491 e. The van der Waals surface area contributed by atoms with Gasteiger partial charge in [0.2, 0.25) is 0 Å². The van der Waals surface area contributed by atoms with Crippen LogP contribution in [0.25, 0.3) is 0 Å². The van der Waals surface area contributed by atoms with Gasteiger partial charge in [0.15, 0.2) is 5.78 Å². The van der Waals surface area contributed by atoms with Crippen LogP contribution in [0.5, 0.6) is 5.75 Å². The molecule has 0 bridgehead atoms. The molecular formula is C13H15BrO2. The maximum absolute atomic E-state index is 11.5. The van der Waals surface area contributed by atoms with Crippen molar-refractivity contribution in [1.29, 1.82) is 0 Å².